The van der Waals surface area contributed by atoms with E-state index in [-0.39, 0.29) is 0 Å². The zero-order chi connectivity index (χ0) is 12.3. The maximum absolute atomic E-state index is 5.65. The van der Waals surface area contributed by atoms with E-state index >= 15 is 0 Å². The van der Waals surface area contributed by atoms with Gasteiger partial charge in [-0.1, -0.05) is 6.92 Å². The van der Waals surface area contributed by atoms with E-state index in [4.69, 9.17) is 5.73 Å². The zero-order valence-corrected chi connectivity index (χ0v) is 10.8. The van der Waals surface area contributed by atoms with Crippen LogP contribution < -0.4 is 5.73 Å². The maximum atomic E-state index is 5.65. The largest absolute Gasteiger partial charge is 0.399 e. The summed E-state index contributed by atoms with van der Waals surface area (Å²) in [6.45, 7) is 4.14. The molecule has 4 heteroatoms. The average Bonchev–Trinajstić information content (AvgIpc) is 2.34. The molecule has 1 aromatic carbocycles. The topological polar surface area (TPSA) is 51.8 Å². The first kappa shape index (κ1) is 11.9. The van der Waals surface area contributed by atoms with Crippen LogP contribution in [0.2, 0.25) is 0 Å². The van der Waals surface area contributed by atoms with E-state index in [1.54, 1.807) is 11.8 Å². The Morgan fingerprint density at radius 2 is 1.94 bits per heavy atom. The van der Waals surface area contributed by atoms with Crippen molar-refractivity contribution in [3.05, 3.63) is 41.7 Å². The molecule has 2 aromatic rings. The summed E-state index contributed by atoms with van der Waals surface area (Å²) in [4.78, 5) is 9.96. The molecular formula is C13H15N3S. The van der Waals surface area contributed by atoms with Crippen molar-refractivity contribution in [1.82, 2.24) is 9.97 Å². The molecule has 0 spiro atoms. The van der Waals surface area contributed by atoms with E-state index in [0.717, 1.165) is 33.4 Å². The molecule has 0 unspecified atom stereocenters. The van der Waals surface area contributed by atoms with Crippen LogP contribution in [0.5, 0.6) is 0 Å². The molecule has 2 rings (SSSR count). The van der Waals surface area contributed by atoms with E-state index in [2.05, 4.69) is 16.9 Å². The molecule has 1 heterocycles. The van der Waals surface area contributed by atoms with Gasteiger partial charge in [0.05, 0.1) is 0 Å². The number of benzene rings is 1. The third-order valence-corrected chi connectivity index (χ3v) is 3.37. The smallest absolute Gasteiger partial charge is 0.192 e. The Balaban J connectivity index is 2.21. The number of nitrogens with zero attached hydrogens (tertiary/aromatic N) is 2. The number of nitrogens with two attached hydrogens (primary N) is 1. The second kappa shape index (κ2) is 5.19. The number of anilines is 1. The minimum Gasteiger partial charge on any atom is -0.399 e. The van der Waals surface area contributed by atoms with Crippen LogP contribution in [-0.4, -0.2) is 9.97 Å². The lowest BCUT2D eigenvalue weighted by Gasteiger charge is -2.05. The molecule has 0 saturated heterocycles. The lowest BCUT2D eigenvalue weighted by molar-refractivity contribution is 0.870. The van der Waals surface area contributed by atoms with Gasteiger partial charge in [-0.05, 0) is 54.9 Å². The molecule has 3 nitrogen and oxygen atoms in total. The van der Waals surface area contributed by atoms with Gasteiger partial charge in [-0.3, -0.25) is 0 Å². The van der Waals surface area contributed by atoms with E-state index in [1.165, 1.54) is 0 Å². The molecule has 0 saturated carbocycles. The van der Waals surface area contributed by atoms with Crippen molar-refractivity contribution in [2.24, 2.45) is 0 Å². The van der Waals surface area contributed by atoms with Gasteiger partial charge in [0.15, 0.2) is 5.16 Å². The first-order valence-electron chi connectivity index (χ1n) is 5.55. The Bertz CT molecular complexity index is 509. The van der Waals surface area contributed by atoms with Gasteiger partial charge in [0.1, 0.15) is 0 Å². The first-order chi connectivity index (χ1) is 8.19. The normalized spacial score (nSPS) is 10.5. The third-order valence-electron chi connectivity index (χ3n) is 2.48. The Kier molecular flexibility index (Phi) is 3.64. The lowest BCUT2D eigenvalue weighted by Crippen LogP contribution is -1.96. The van der Waals surface area contributed by atoms with E-state index in [1.807, 2.05) is 37.4 Å². The average molecular weight is 245 g/mol. The second-order valence-corrected chi connectivity index (χ2v) is 4.85. The van der Waals surface area contributed by atoms with Crippen LogP contribution in [0.15, 0.2) is 40.5 Å². The molecule has 1 aromatic heterocycles. The standard InChI is InChI=1S/C13H15N3S/c1-3-12-9(2)8-15-13(16-12)17-11-6-4-10(14)5-7-11/h4-8H,3,14H2,1-2H3. The van der Waals surface area contributed by atoms with Crippen LogP contribution in [0, 0.1) is 6.92 Å². The Morgan fingerprint density at radius 1 is 1.24 bits per heavy atom. The number of hydrogen-bond acceptors (Lipinski definition) is 4. The lowest BCUT2D eigenvalue weighted by atomic mass is 10.2. The molecule has 0 atom stereocenters. The van der Waals surface area contributed by atoms with Gasteiger partial charge in [0, 0.05) is 22.5 Å². The molecule has 88 valence electrons. The van der Waals surface area contributed by atoms with E-state index in [0.29, 0.717) is 0 Å². The SMILES string of the molecule is CCc1nc(Sc2ccc(N)cc2)ncc1C. The molecule has 0 aliphatic rings. The highest BCUT2D eigenvalue weighted by molar-refractivity contribution is 7.99. The molecule has 2 N–H and O–H groups in total. The molecular weight excluding hydrogens is 230 g/mol. The Morgan fingerprint density at radius 3 is 2.59 bits per heavy atom. The van der Waals surface area contributed by atoms with Crippen LogP contribution in [0.25, 0.3) is 0 Å². The van der Waals surface area contributed by atoms with Crippen molar-refractivity contribution in [2.45, 2.75) is 30.3 Å². The zero-order valence-electron chi connectivity index (χ0n) is 9.97. The van der Waals surface area contributed by atoms with Gasteiger partial charge >= 0.3 is 0 Å². The quantitative estimate of drug-likeness (QED) is 0.667. The number of aryl methyl sites for hydroxylation is 2. The summed E-state index contributed by atoms with van der Waals surface area (Å²) < 4.78 is 0. The van der Waals surface area contributed by atoms with Crippen LogP contribution in [0.4, 0.5) is 5.69 Å². The summed E-state index contributed by atoms with van der Waals surface area (Å²) >= 11 is 1.56. The monoisotopic (exact) mass is 245 g/mol. The Hall–Kier alpha value is -1.55. The van der Waals surface area contributed by atoms with Crippen molar-refractivity contribution < 1.29 is 0 Å². The molecule has 0 aliphatic carbocycles. The van der Waals surface area contributed by atoms with Crippen LogP contribution in [-0.2, 0) is 6.42 Å². The minimum atomic E-state index is 0.772. The summed E-state index contributed by atoms with van der Waals surface area (Å²) in [5.41, 5.74) is 8.67. The van der Waals surface area contributed by atoms with Gasteiger partial charge in [-0.15, -0.1) is 0 Å². The number of hydrogen-bond donors (Lipinski definition) is 1. The van der Waals surface area contributed by atoms with Crippen molar-refractivity contribution in [3.63, 3.8) is 0 Å². The number of aromatic nitrogens is 2. The molecule has 17 heavy (non-hydrogen) atoms. The fraction of sp³-hybridized carbons (Fsp3) is 0.231. The van der Waals surface area contributed by atoms with Crippen molar-refractivity contribution in [3.8, 4) is 0 Å². The predicted octanol–water partition coefficient (Wildman–Crippen LogP) is 3.08. The maximum Gasteiger partial charge on any atom is 0.192 e. The van der Waals surface area contributed by atoms with E-state index < -0.39 is 0 Å². The van der Waals surface area contributed by atoms with Crippen molar-refractivity contribution in [1.29, 1.82) is 0 Å². The minimum absolute atomic E-state index is 0.772. The third kappa shape index (κ3) is 2.97. The fourth-order valence-electron chi connectivity index (χ4n) is 1.51. The highest BCUT2D eigenvalue weighted by Crippen LogP contribution is 2.25. The predicted molar refractivity (Wildman–Crippen MR) is 71.1 cm³/mol. The van der Waals surface area contributed by atoms with Crippen LogP contribution in [0.3, 0.4) is 0 Å². The summed E-state index contributed by atoms with van der Waals surface area (Å²) in [5.74, 6) is 0. The molecule has 0 radical (unpaired) electrons. The second-order valence-electron chi connectivity index (χ2n) is 3.81. The Labute approximate surface area is 105 Å². The number of nitrogen functional groups attached to an aromatic ring is 1. The van der Waals surface area contributed by atoms with Gasteiger partial charge < -0.3 is 5.73 Å². The van der Waals surface area contributed by atoms with Gasteiger partial charge in [-0.2, -0.15) is 0 Å². The highest BCUT2D eigenvalue weighted by Gasteiger charge is 2.04. The molecule has 0 bridgehead atoms. The van der Waals surface area contributed by atoms with Crippen LogP contribution in [0.1, 0.15) is 18.2 Å². The van der Waals surface area contributed by atoms with Crippen LogP contribution >= 0.6 is 11.8 Å². The molecule has 0 aliphatic heterocycles. The van der Waals surface area contributed by atoms with Crippen molar-refractivity contribution in [2.75, 3.05) is 5.73 Å². The van der Waals surface area contributed by atoms with E-state index in [9.17, 15) is 0 Å². The summed E-state index contributed by atoms with van der Waals surface area (Å²) in [6, 6.07) is 7.73. The summed E-state index contributed by atoms with van der Waals surface area (Å²) in [7, 11) is 0. The molecule has 0 amide bonds. The number of rotatable bonds is 3. The van der Waals surface area contributed by atoms with Gasteiger partial charge in [0.2, 0.25) is 0 Å². The van der Waals surface area contributed by atoms with Crippen molar-refractivity contribution >= 4 is 17.4 Å². The molecule has 0 fully saturated rings. The highest BCUT2D eigenvalue weighted by atomic mass is 32.2. The summed E-state index contributed by atoms with van der Waals surface area (Å²) in [5, 5.41) is 0.789. The first-order valence-corrected chi connectivity index (χ1v) is 6.36. The fourth-order valence-corrected chi connectivity index (χ4v) is 2.25. The summed E-state index contributed by atoms with van der Waals surface area (Å²) in [6.07, 6.45) is 2.81. The van der Waals surface area contributed by atoms with Gasteiger partial charge in [-0.25, -0.2) is 9.97 Å². The van der Waals surface area contributed by atoms with Gasteiger partial charge in [0.25, 0.3) is 0 Å².